The van der Waals surface area contributed by atoms with Gasteiger partial charge >= 0.3 is 0 Å². The molecule has 1 aliphatic rings. The van der Waals surface area contributed by atoms with E-state index < -0.39 is 0 Å². The predicted octanol–water partition coefficient (Wildman–Crippen LogP) is 1.19. The van der Waals surface area contributed by atoms with Gasteiger partial charge < -0.3 is 5.32 Å². The number of amides is 1. The summed E-state index contributed by atoms with van der Waals surface area (Å²) < 4.78 is 0. The molecule has 5 heteroatoms. The van der Waals surface area contributed by atoms with Crippen molar-refractivity contribution in [3.63, 3.8) is 0 Å². The zero-order valence-corrected chi connectivity index (χ0v) is 11.9. The predicted molar refractivity (Wildman–Crippen MR) is 74.8 cm³/mol. The van der Waals surface area contributed by atoms with Gasteiger partial charge in [0.25, 0.3) is 5.91 Å². The first kappa shape index (κ1) is 14.0. The Balaban J connectivity index is 2.22. The third kappa shape index (κ3) is 3.11. The summed E-state index contributed by atoms with van der Waals surface area (Å²) in [5, 5.41) is 2.90. The summed E-state index contributed by atoms with van der Waals surface area (Å²) in [5.41, 5.74) is 8.04. The highest BCUT2D eigenvalue weighted by Crippen LogP contribution is 2.25. The van der Waals surface area contributed by atoms with Crippen LogP contribution in [0.15, 0.2) is 18.3 Å². The monoisotopic (exact) mass is 262 g/mol. The molecule has 2 unspecified atom stereocenters. The highest BCUT2D eigenvalue weighted by Gasteiger charge is 2.32. The van der Waals surface area contributed by atoms with Gasteiger partial charge in [0.2, 0.25) is 0 Å². The van der Waals surface area contributed by atoms with Gasteiger partial charge in [-0.25, -0.2) is 0 Å². The van der Waals surface area contributed by atoms with Crippen LogP contribution in [-0.4, -0.2) is 29.0 Å². The van der Waals surface area contributed by atoms with Crippen molar-refractivity contribution in [3.8, 4) is 0 Å². The van der Waals surface area contributed by atoms with Crippen molar-refractivity contribution in [2.24, 2.45) is 0 Å². The van der Waals surface area contributed by atoms with E-state index in [4.69, 9.17) is 0 Å². The highest BCUT2D eigenvalue weighted by molar-refractivity contribution is 5.94. The van der Waals surface area contributed by atoms with E-state index in [1.165, 1.54) is 0 Å². The minimum Gasteiger partial charge on any atom is -0.350 e. The fourth-order valence-electron chi connectivity index (χ4n) is 2.51. The van der Waals surface area contributed by atoms with Crippen LogP contribution in [0.2, 0.25) is 0 Å². The average Bonchev–Trinajstić information content (AvgIpc) is 2.68. The van der Waals surface area contributed by atoms with Crippen molar-refractivity contribution < 1.29 is 4.79 Å². The lowest BCUT2D eigenvalue weighted by Gasteiger charge is -2.18. The van der Waals surface area contributed by atoms with Gasteiger partial charge in [-0.2, -0.15) is 0 Å². The smallest absolute Gasteiger partial charge is 0.251 e. The Labute approximate surface area is 114 Å². The van der Waals surface area contributed by atoms with Gasteiger partial charge in [-0.05, 0) is 39.8 Å². The van der Waals surface area contributed by atoms with Crippen molar-refractivity contribution in [1.29, 1.82) is 0 Å². The summed E-state index contributed by atoms with van der Waals surface area (Å²) in [7, 11) is 0. The number of aromatic nitrogens is 1. The van der Waals surface area contributed by atoms with E-state index in [0.717, 1.165) is 5.69 Å². The molecular formula is C14H22N4O. The molecule has 0 aliphatic carbocycles. The molecule has 2 atom stereocenters. The Morgan fingerprint density at radius 2 is 1.95 bits per heavy atom. The summed E-state index contributed by atoms with van der Waals surface area (Å²) in [6, 6.07) is 4.38. The molecule has 0 bridgehead atoms. The second-order valence-corrected chi connectivity index (χ2v) is 5.49. The molecule has 104 valence electrons. The Bertz CT molecular complexity index is 451. The zero-order valence-electron chi connectivity index (χ0n) is 11.9. The Hall–Kier alpha value is -1.46. The topological polar surface area (TPSA) is 66.0 Å². The van der Waals surface area contributed by atoms with Crippen LogP contribution in [0.25, 0.3) is 0 Å². The molecule has 2 heterocycles. The van der Waals surface area contributed by atoms with E-state index >= 15 is 0 Å². The molecule has 0 saturated carbocycles. The molecule has 0 aromatic carbocycles. The third-order valence-electron chi connectivity index (χ3n) is 3.42. The number of nitrogens with zero attached hydrogens (tertiary/aromatic N) is 1. The molecular weight excluding hydrogens is 240 g/mol. The number of pyridine rings is 1. The van der Waals surface area contributed by atoms with Crippen molar-refractivity contribution in [3.05, 3.63) is 29.6 Å². The minimum atomic E-state index is -0.0436. The fraction of sp³-hybridized carbons (Fsp3) is 0.571. The standard InChI is InChI=1S/C14H22N4O/c1-8(2)16-14(19)11-5-6-15-12(7-11)13-9(3)17-18-10(13)4/h5-10,13,17-18H,1-4H3,(H,16,19). The quantitative estimate of drug-likeness (QED) is 0.765. The number of nitrogens with one attached hydrogen (secondary N) is 3. The highest BCUT2D eigenvalue weighted by atomic mass is 16.1. The van der Waals surface area contributed by atoms with Gasteiger partial charge in [0.1, 0.15) is 0 Å². The van der Waals surface area contributed by atoms with Gasteiger partial charge in [0.15, 0.2) is 0 Å². The van der Waals surface area contributed by atoms with Crippen molar-refractivity contribution in [2.45, 2.75) is 51.7 Å². The lowest BCUT2D eigenvalue weighted by molar-refractivity contribution is 0.0943. The van der Waals surface area contributed by atoms with Crippen molar-refractivity contribution >= 4 is 5.91 Å². The number of rotatable bonds is 3. The van der Waals surface area contributed by atoms with Gasteiger partial charge in [0, 0.05) is 41.5 Å². The zero-order chi connectivity index (χ0) is 14.0. The number of carbonyl (C=O) groups excluding carboxylic acids is 1. The van der Waals surface area contributed by atoms with E-state index in [9.17, 15) is 4.79 Å². The molecule has 3 N–H and O–H groups in total. The Morgan fingerprint density at radius 3 is 2.53 bits per heavy atom. The molecule has 1 saturated heterocycles. The maximum Gasteiger partial charge on any atom is 0.251 e. The van der Waals surface area contributed by atoms with Crippen LogP contribution >= 0.6 is 0 Å². The minimum absolute atomic E-state index is 0.0436. The van der Waals surface area contributed by atoms with Crippen molar-refractivity contribution in [1.82, 2.24) is 21.2 Å². The van der Waals surface area contributed by atoms with Crippen LogP contribution in [0.1, 0.15) is 49.7 Å². The van der Waals surface area contributed by atoms with Crippen LogP contribution in [0.4, 0.5) is 0 Å². The maximum absolute atomic E-state index is 12.0. The second-order valence-electron chi connectivity index (χ2n) is 5.49. The van der Waals surface area contributed by atoms with E-state index in [2.05, 4.69) is 35.0 Å². The molecule has 1 amide bonds. The normalized spacial score (nSPS) is 26.7. The van der Waals surface area contributed by atoms with Gasteiger partial charge in [-0.15, -0.1) is 0 Å². The molecule has 1 aliphatic heterocycles. The lowest BCUT2D eigenvalue weighted by atomic mass is 9.92. The van der Waals surface area contributed by atoms with Crippen LogP contribution < -0.4 is 16.2 Å². The van der Waals surface area contributed by atoms with Gasteiger partial charge in [0.05, 0.1) is 0 Å². The van der Waals surface area contributed by atoms with Gasteiger partial charge in [-0.3, -0.25) is 20.6 Å². The van der Waals surface area contributed by atoms with Gasteiger partial charge in [-0.1, -0.05) is 0 Å². The number of carbonyl (C=O) groups is 1. The molecule has 0 spiro atoms. The largest absolute Gasteiger partial charge is 0.350 e. The first-order valence-electron chi connectivity index (χ1n) is 6.77. The molecule has 5 nitrogen and oxygen atoms in total. The SMILES string of the molecule is CC(C)NC(=O)c1ccnc(C2C(C)NNC2C)c1. The number of hydrogen-bond acceptors (Lipinski definition) is 4. The maximum atomic E-state index is 12.0. The lowest BCUT2D eigenvalue weighted by Crippen LogP contribution is -2.30. The molecule has 1 aromatic rings. The summed E-state index contributed by atoms with van der Waals surface area (Å²) in [4.78, 5) is 16.4. The van der Waals surface area contributed by atoms with Crippen molar-refractivity contribution in [2.75, 3.05) is 0 Å². The molecule has 1 fully saturated rings. The Kier molecular flexibility index (Phi) is 4.17. The molecule has 0 radical (unpaired) electrons. The fourth-order valence-corrected chi connectivity index (χ4v) is 2.51. The molecule has 19 heavy (non-hydrogen) atoms. The van der Waals surface area contributed by atoms with E-state index in [-0.39, 0.29) is 17.9 Å². The van der Waals surface area contributed by atoms with Crippen LogP contribution in [-0.2, 0) is 0 Å². The molecule has 1 aromatic heterocycles. The number of hydrogen-bond donors (Lipinski definition) is 3. The third-order valence-corrected chi connectivity index (χ3v) is 3.42. The second kappa shape index (κ2) is 5.67. The molecule has 2 rings (SSSR count). The van der Waals surface area contributed by atoms with E-state index in [1.54, 1.807) is 12.3 Å². The first-order chi connectivity index (χ1) is 8.99. The first-order valence-corrected chi connectivity index (χ1v) is 6.77. The van der Waals surface area contributed by atoms with E-state index in [1.807, 2.05) is 19.9 Å². The van der Waals surface area contributed by atoms with Crippen LogP contribution in [0.5, 0.6) is 0 Å². The average molecular weight is 262 g/mol. The summed E-state index contributed by atoms with van der Waals surface area (Å²) >= 11 is 0. The summed E-state index contributed by atoms with van der Waals surface area (Å²) in [5.74, 6) is 0.227. The van der Waals surface area contributed by atoms with Crippen LogP contribution in [0.3, 0.4) is 0 Å². The number of hydrazine groups is 1. The Morgan fingerprint density at radius 1 is 1.32 bits per heavy atom. The van der Waals surface area contributed by atoms with E-state index in [0.29, 0.717) is 17.6 Å². The summed E-state index contributed by atoms with van der Waals surface area (Å²) in [6.45, 7) is 8.14. The van der Waals surface area contributed by atoms with Crippen LogP contribution in [0, 0.1) is 0 Å². The summed E-state index contributed by atoms with van der Waals surface area (Å²) in [6.07, 6.45) is 1.71.